The van der Waals surface area contributed by atoms with Crippen molar-refractivity contribution in [1.82, 2.24) is 0 Å². The molecule has 1 aromatic heterocycles. The van der Waals surface area contributed by atoms with Crippen molar-refractivity contribution in [3.8, 4) is 0 Å². The van der Waals surface area contributed by atoms with E-state index in [0.717, 1.165) is 30.2 Å². The van der Waals surface area contributed by atoms with E-state index in [4.69, 9.17) is 9.15 Å². The van der Waals surface area contributed by atoms with Crippen molar-refractivity contribution in [2.24, 2.45) is 0 Å². The molecule has 0 aliphatic heterocycles. The molecule has 0 atom stereocenters. The number of carbonyl (C=O) groups is 1. The molecule has 0 spiro atoms. The fraction of sp³-hybridized carbons (Fsp3) is 0.375. The lowest BCUT2D eigenvalue weighted by atomic mass is 9.98. The van der Waals surface area contributed by atoms with Crippen LogP contribution in [-0.2, 0) is 4.74 Å². The molecule has 0 unspecified atom stereocenters. The van der Waals surface area contributed by atoms with Crippen LogP contribution < -0.4 is 5.63 Å². The molecule has 1 saturated carbocycles. The number of hydrogen-bond donors (Lipinski definition) is 0. The molecule has 0 N–H and O–H groups in total. The molecule has 0 radical (unpaired) electrons. The quantitative estimate of drug-likeness (QED) is 0.507. The first kappa shape index (κ1) is 15.7. The van der Waals surface area contributed by atoms with Gasteiger partial charge in [-0.2, -0.15) is 0 Å². The van der Waals surface area contributed by atoms with E-state index in [1.54, 1.807) is 12.1 Å². The minimum atomic E-state index is -0.670. The van der Waals surface area contributed by atoms with Gasteiger partial charge in [-0.15, -0.1) is 0 Å². The highest BCUT2D eigenvalue weighted by atomic mass is 79.9. The van der Waals surface area contributed by atoms with Gasteiger partial charge in [-0.05, 0) is 59.8 Å². The normalized spacial score (nSPS) is 15.9. The molecule has 3 rings (SSSR count). The van der Waals surface area contributed by atoms with Gasteiger partial charge in [0.15, 0.2) is 5.58 Å². The zero-order chi connectivity index (χ0) is 15.7. The average Bonchev–Trinajstić information content (AvgIpc) is 2.48. The van der Waals surface area contributed by atoms with E-state index in [2.05, 4.69) is 31.9 Å². The standard InChI is InChI=1S/C16H14Br2O4/c17-10-6-9-7-12(16(20)22-14(9)13(18)8-10)15(19)21-11-4-2-1-3-5-11/h6-8,11H,1-5H2. The van der Waals surface area contributed by atoms with Crippen LogP contribution >= 0.6 is 31.9 Å². The molecule has 0 amide bonds. The van der Waals surface area contributed by atoms with E-state index in [9.17, 15) is 9.59 Å². The van der Waals surface area contributed by atoms with E-state index in [1.165, 1.54) is 12.5 Å². The van der Waals surface area contributed by atoms with Crippen LogP contribution in [0.25, 0.3) is 11.0 Å². The molecule has 6 heteroatoms. The Kier molecular flexibility index (Phi) is 4.68. The SMILES string of the molecule is O=C(OC1CCCCC1)c1cc2cc(Br)cc(Br)c2oc1=O. The molecule has 1 aromatic carbocycles. The molecule has 1 aliphatic carbocycles. The summed E-state index contributed by atoms with van der Waals surface area (Å²) in [5, 5.41) is 0.663. The zero-order valence-electron chi connectivity index (χ0n) is 11.7. The summed E-state index contributed by atoms with van der Waals surface area (Å²) in [4.78, 5) is 24.3. The molecule has 1 heterocycles. The maximum atomic E-state index is 12.2. The number of hydrogen-bond acceptors (Lipinski definition) is 4. The minimum absolute atomic E-state index is 0.0527. The molecule has 0 bridgehead atoms. The number of carbonyl (C=O) groups excluding carboxylic acids is 1. The van der Waals surface area contributed by atoms with E-state index >= 15 is 0 Å². The summed E-state index contributed by atoms with van der Waals surface area (Å²) in [5.74, 6) is -0.598. The van der Waals surface area contributed by atoms with Crippen molar-refractivity contribution in [1.29, 1.82) is 0 Å². The number of rotatable bonds is 2. The molecule has 22 heavy (non-hydrogen) atoms. The fourth-order valence-electron chi connectivity index (χ4n) is 2.70. The highest BCUT2D eigenvalue weighted by Crippen LogP contribution is 2.28. The van der Waals surface area contributed by atoms with E-state index in [-0.39, 0.29) is 11.7 Å². The van der Waals surface area contributed by atoms with Crippen molar-refractivity contribution < 1.29 is 13.9 Å². The van der Waals surface area contributed by atoms with E-state index in [0.29, 0.717) is 15.4 Å². The van der Waals surface area contributed by atoms with Crippen molar-refractivity contribution >= 4 is 48.8 Å². The number of ether oxygens (including phenoxy) is 1. The molecular formula is C16H14Br2O4. The molecule has 0 saturated heterocycles. The smallest absolute Gasteiger partial charge is 0.351 e. The Labute approximate surface area is 144 Å². The summed E-state index contributed by atoms with van der Waals surface area (Å²) < 4.78 is 12.2. The highest BCUT2D eigenvalue weighted by molar-refractivity contribution is 9.11. The van der Waals surface area contributed by atoms with Gasteiger partial charge in [0.25, 0.3) is 0 Å². The first-order chi connectivity index (χ1) is 10.5. The third-order valence-corrected chi connectivity index (χ3v) is 4.84. The van der Waals surface area contributed by atoms with Crippen LogP contribution in [0.4, 0.5) is 0 Å². The van der Waals surface area contributed by atoms with Gasteiger partial charge < -0.3 is 9.15 Å². The maximum Gasteiger partial charge on any atom is 0.351 e. The second-order valence-electron chi connectivity index (χ2n) is 5.42. The topological polar surface area (TPSA) is 56.5 Å². The molecule has 116 valence electrons. The molecule has 1 fully saturated rings. The highest BCUT2D eigenvalue weighted by Gasteiger charge is 2.22. The monoisotopic (exact) mass is 428 g/mol. The van der Waals surface area contributed by atoms with Crippen LogP contribution in [0.3, 0.4) is 0 Å². The second-order valence-corrected chi connectivity index (χ2v) is 7.19. The third kappa shape index (κ3) is 3.27. The molecular weight excluding hydrogens is 416 g/mol. The Morgan fingerprint density at radius 2 is 1.86 bits per heavy atom. The Balaban J connectivity index is 1.94. The van der Waals surface area contributed by atoms with Gasteiger partial charge in [-0.25, -0.2) is 9.59 Å². The summed E-state index contributed by atoms with van der Waals surface area (Å²) in [6, 6.07) is 5.10. The summed E-state index contributed by atoms with van der Waals surface area (Å²) in [7, 11) is 0. The van der Waals surface area contributed by atoms with Crippen molar-refractivity contribution in [2.75, 3.05) is 0 Å². The lowest BCUT2D eigenvalue weighted by molar-refractivity contribution is 0.0207. The first-order valence-corrected chi connectivity index (χ1v) is 8.77. The van der Waals surface area contributed by atoms with E-state index < -0.39 is 11.6 Å². The van der Waals surface area contributed by atoms with Gasteiger partial charge in [-0.1, -0.05) is 22.4 Å². The fourth-order valence-corrected chi connectivity index (χ4v) is 4.04. The summed E-state index contributed by atoms with van der Waals surface area (Å²) in [6.45, 7) is 0. The van der Waals surface area contributed by atoms with Crippen LogP contribution in [-0.4, -0.2) is 12.1 Å². The van der Waals surface area contributed by atoms with Crippen molar-refractivity contribution in [3.63, 3.8) is 0 Å². The lowest BCUT2D eigenvalue weighted by Gasteiger charge is -2.21. The predicted molar refractivity (Wildman–Crippen MR) is 90.2 cm³/mol. The van der Waals surface area contributed by atoms with Gasteiger partial charge in [0.05, 0.1) is 4.47 Å². The first-order valence-electron chi connectivity index (χ1n) is 7.18. The molecule has 2 aromatic rings. The third-order valence-electron chi connectivity index (χ3n) is 3.80. The van der Waals surface area contributed by atoms with Crippen LogP contribution in [0.2, 0.25) is 0 Å². The number of esters is 1. The van der Waals surface area contributed by atoms with Crippen LogP contribution in [0, 0.1) is 0 Å². The Morgan fingerprint density at radius 3 is 2.59 bits per heavy atom. The van der Waals surface area contributed by atoms with Crippen molar-refractivity contribution in [2.45, 2.75) is 38.2 Å². The van der Waals surface area contributed by atoms with Crippen LogP contribution in [0.5, 0.6) is 0 Å². The van der Waals surface area contributed by atoms with Gasteiger partial charge >= 0.3 is 11.6 Å². The summed E-state index contributed by atoms with van der Waals surface area (Å²) in [5.41, 5.74) is -0.304. The lowest BCUT2D eigenvalue weighted by Crippen LogP contribution is -2.24. The van der Waals surface area contributed by atoms with Gasteiger partial charge in [0.2, 0.25) is 0 Å². The minimum Gasteiger partial charge on any atom is -0.459 e. The number of benzene rings is 1. The zero-order valence-corrected chi connectivity index (χ0v) is 14.9. The number of halogens is 2. The van der Waals surface area contributed by atoms with Gasteiger partial charge in [-0.3, -0.25) is 0 Å². The van der Waals surface area contributed by atoms with Crippen molar-refractivity contribution in [3.05, 3.63) is 43.1 Å². The Hall–Kier alpha value is -1.14. The second kappa shape index (κ2) is 6.54. The summed E-state index contributed by atoms with van der Waals surface area (Å²) >= 11 is 6.72. The largest absolute Gasteiger partial charge is 0.459 e. The van der Waals surface area contributed by atoms with E-state index in [1.807, 2.05) is 0 Å². The average molecular weight is 430 g/mol. The maximum absolute atomic E-state index is 12.2. The molecule has 1 aliphatic rings. The number of fused-ring (bicyclic) bond motifs is 1. The van der Waals surface area contributed by atoms with Gasteiger partial charge in [0, 0.05) is 9.86 Å². The Morgan fingerprint density at radius 1 is 1.14 bits per heavy atom. The summed E-state index contributed by atoms with van der Waals surface area (Å²) in [6.07, 6.45) is 4.93. The van der Waals surface area contributed by atoms with Crippen LogP contribution in [0.1, 0.15) is 42.5 Å². The van der Waals surface area contributed by atoms with Crippen LogP contribution in [0.15, 0.2) is 36.4 Å². The predicted octanol–water partition coefficient (Wildman–Crippen LogP) is 4.81. The Bertz CT molecular complexity index is 776. The van der Waals surface area contributed by atoms with Gasteiger partial charge in [0.1, 0.15) is 11.7 Å². The molecule has 4 nitrogen and oxygen atoms in total.